The van der Waals surface area contributed by atoms with Gasteiger partial charge in [0.05, 0.1) is 0 Å². The predicted octanol–water partition coefficient (Wildman–Crippen LogP) is 4.46. The Balaban J connectivity index is 2.19. The number of aromatic hydroxyl groups is 1. The number of benzene rings is 2. The van der Waals surface area contributed by atoms with Crippen LogP contribution in [0.2, 0.25) is 0 Å². The van der Waals surface area contributed by atoms with E-state index in [-0.39, 0.29) is 16.8 Å². The first-order valence-corrected chi connectivity index (χ1v) is 7.16. The molecule has 1 N–H and O–H groups in total. The molecule has 1 unspecified atom stereocenters. The first-order valence-electron chi connectivity index (χ1n) is 6.12. The number of rotatable bonds is 1. The van der Waals surface area contributed by atoms with E-state index in [2.05, 4.69) is 6.42 Å². The lowest BCUT2D eigenvalue weighted by Gasteiger charge is -2.23. The van der Waals surface area contributed by atoms with E-state index in [9.17, 15) is 9.50 Å². The fourth-order valence-corrected chi connectivity index (χ4v) is 3.70. The molecule has 1 atom stereocenters. The van der Waals surface area contributed by atoms with E-state index in [0.717, 1.165) is 23.1 Å². The van der Waals surface area contributed by atoms with Gasteiger partial charge in [-0.15, -0.1) is 0 Å². The molecule has 2 aromatic carbocycles. The smallest absolute Gasteiger partial charge is 0.131 e. The van der Waals surface area contributed by atoms with Crippen LogP contribution >= 0.6 is 11.8 Å². The molecule has 1 aliphatic rings. The molecule has 0 amide bonds. The van der Waals surface area contributed by atoms with Crippen LogP contribution in [-0.2, 0) is 0 Å². The Morgan fingerprint density at radius 2 is 2.17 bits per heavy atom. The van der Waals surface area contributed by atoms with Crippen LogP contribution in [0.1, 0.15) is 23.7 Å². The Labute approximate surface area is 110 Å². The van der Waals surface area contributed by atoms with Gasteiger partial charge in [-0.25, -0.2) is 4.39 Å². The van der Waals surface area contributed by atoms with E-state index < -0.39 is 0 Å². The fraction of sp³-hybridized carbons (Fsp3) is 0.267. The Hall–Kier alpha value is -1.22. The second-order valence-corrected chi connectivity index (χ2v) is 5.79. The molecule has 0 bridgehead atoms. The summed E-state index contributed by atoms with van der Waals surface area (Å²) in [5.74, 6) is 1.09. The summed E-state index contributed by atoms with van der Waals surface area (Å²) < 4.78 is 14.0. The molecule has 0 aliphatic carbocycles. The van der Waals surface area contributed by atoms with E-state index >= 15 is 0 Å². The van der Waals surface area contributed by atoms with Crippen molar-refractivity contribution in [3.8, 4) is 5.75 Å². The summed E-state index contributed by atoms with van der Waals surface area (Å²) in [6.07, 6.45) is 4.46. The second-order valence-electron chi connectivity index (χ2n) is 4.54. The normalized spacial score (nSPS) is 20.2. The highest BCUT2D eigenvalue weighted by Gasteiger charge is 2.20. The number of phenolic OH excluding ortho intramolecular Hbond substituents is 1. The van der Waals surface area contributed by atoms with Gasteiger partial charge in [0.25, 0.3) is 0 Å². The molecular weight excluding hydrogens is 247 g/mol. The molecule has 0 saturated carbocycles. The van der Waals surface area contributed by atoms with E-state index in [1.807, 2.05) is 17.8 Å². The third kappa shape index (κ3) is 2.07. The fourth-order valence-electron chi connectivity index (χ4n) is 2.47. The lowest BCUT2D eigenvalue weighted by atomic mass is 9.98. The summed E-state index contributed by atoms with van der Waals surface area (Å²) in [7, 11) is 0. The summed E-state index contributed by atoms with van der Waals surface area (Å²) >= 11 is 1.82. The van der Waals surface area contributed by atoms with Gasteiger partial charge in [-0.2, -0.15) is 11.8 Å². The molecule has 1 heterocycles. The summed E-state index contributed by atoms with van der Waals surface area (Å²) in [6.45, 7) is 0. The number of fused-ring (bicyclic) bond motifs is 1. The first kappa shape index (κ1) is 11.8. The minimum atomic E-state index is -0.206. The van der Waals surface area contributed by atoms with Crippen LogP contribution in [-0.4, -0.2) is 10.9 Å². The van der Waals surface area contributed by atoms with Crippen molar-refractivity contribution in [2.75, 3.05) is 5.75 Å². The molecule has 93 valence electrons. The molecule has 2 aromatic rings. The second kappa shape index (κ2) is 4.81. The average Bonchev–Trinajstić information content (AvgIpc) is 2.39. The van der Waals surface area contributed by atoms with Crippen LogP contribution in [0.3, 0.4) is 0 Å². The lowest BCUT2D eigenvalue weighted by Crippen LogP contribution is -2.04. The monoisotopic (exact) mass is 261 g/mol. The molecule has 3 heteroatoms. The van der Waals surface area contributed by atoms with Crippen molar-refractivity contribution in [1.82, 2.24) is 0 Å². The van der Waals surface area contributed by atoms with Crippen LogP contribution in [0, 0.1) is 12.2 Å². The maximum Gasteiger partial charge on any atom is 0.131 e. The number of thioether (sulfide) groups is 1. The molecule has 1 aliphatic heterocycles. The minimum absolute atomic E-state index is 0.185. The number of hydrogen-bond acceptors (Lipinski definition) is 2. The number of hydrogen-bond donors (Lipinski definition) is 1. The predicted molar refractivity (Wildman–Crippen MR) is 74.3 cm³/mol. The summed E-state index contributed by atoms with van der Waals surface area (Å²) in [5.41, 5.74) is 0.896. The molecule has 1 fully saturated rings. The standard InChI is InChI=1S/C15H14FOS/c16-13-5-3-4-10-8-11(17)9-12(15(10)13)14-6-1-2-7-18-14/h3-6,8-9,14,17H,1-2,7H2. The van der Waals surface area contributed by atoms with Crippen molar-refractivity contribution in [2.24, 2.45) is 0 Å². The highest BCUT2D eigenvalue weighted by Crippen LogP contribution is 2.42. The van der Waals surface area contributed by atoms with E-state index in [1.54, 1.807) is 18.2 Å². The van der Waals surface area contributed by atoms with Crippen molar-refractivity contribution >= 4 is 22.5 Å². The maximum atomic E-state index is 14.0. The maximum absolute atomic E-state index is 14.0. The third-order valence-electron chi connectivity index (χ3n) is 3.27. The quantitative estimate of drug-likeness (QED) is 0.818. The van der Waals surface area contributed by atoms with Crippen LogP contribution < -0.4 is 0 Å². The van der Waals surface area contributed by atoms with E-state index in [4.69, 9.17) is 0 Å². The molecule has 0 aromatic heterocycles. The van der Waals surface area contributed by atoms with E-state index in [0.29, 0.717) is 5.39 Å². The van der Waals surface area contributed by atoms with E-state index in [1.165, 1.54) is 12.5 Å². The molecule has 18 heavy (non-hydrogen) atoms. The van der Waals surface area contributed by atoms with Crippen molar-refractivity contribution < 1.29 is 9.50 Å². The molecule has 1 nitrogen and oxygen atoms in total. The summed E-state index contributed by atoms with van der Waals surface area (Å²) in [6, 6.07) is 8.32. The third-order valence-corrected chi connectivity index (χ3v) is 4.60. The number of phenols is 1. The Kier molecular flexibility index (Phi) is 3.16. The van der Waals surface area contributed by atoms with Crippen molar-refractivity contribution in [3.63, 3.8) is 0 Å². The topological polar surface area (TPSA) is 20.2 Å². The van der Waals surface area contributed by atoms with Crippen molar-refractivity contribution in [1.29, 1.82) is 0 Å². The van der Waals surface area contributed by atoms with Crippen LogP contribution in [0.15, 0.2) is 30.3 Å². The van der Waals surface area contributed by atoms with Crippen LogP contribution in [0.4, 0.5) is 4.39 Å². The van der Waals surface area contributed by atoms with Gasteiger partial charge in [0.1, 0.15) is 11.6 Å². The average molecular weight is 261 g/mol. The van der Waals surface area contributed by atoms with Crippen molar-refractivity contribution in [3.05, 3.63) is 48.1 Å². The Bertz CT molecular complexity index is 576. The van der Waals surface area contributed by atoms with Gasteiger partial charge in [-0.05, 0) is 54.2 Å². The zero-order valence-corrected chi connectivity index (χ0v) is 10.7. The van der Waals surface area contributed by atoms with Crippen LogP contribution in [0.25, 0.3) is 10.8 Å². The highest BCUT2D eigenvalue weighted by atomic mass is 32.2. The molecular formula is C15H14FOS. The Morgan fingerprint density at radius 1 is 1.28 bits per heavy atom. The van der Waals surface area contributed by atoms with Gasteiger partial charge < -0.3 is 5.11 Å². The largest absolute Gasteiger partial charge is 0.508 e. The van der Waals surface area contributed by atoms with Gasteiger partial charge in [-0.3, -0.25) is 0 Å². The molecule has 0 spiro atoms. The molecule has 1 saturated heterocycles. The highest BCUT2D eigenvalue weighted by molar-refractivity contribution is 7.99. The van der Waals surface area contributed by atoms with Crippen LogP contribution in [0.5, 0.6) is 5.75 Å². The first-order chi connectivity index (χ1) is 8.75. The zero-order chi connectivity index (χ0) is 12.5. The van der Waals surface area contributed by atoms with Gasteiger partial charge in [-0.1, -0.05) is 12.1 Å². The molecule has 1 radical (unpaired) electrons. The summed E-state index contributed by atoms with van der Waals surface area (Å²) in [5, 5.41) is 11.4. The zero-order valence-electron chi connectivity index (χ0n) is 9.90. The van der Waals surface area contributed by atoms with Crippen molar-refractivity contribution in [2.45, 2.75) is 18.1 Å². The lowest BCUT2D eigenvalue weighted by molar-refractivity contribution is 0.475. The summed E-state index contributed by atoms with van der Waals surface area (Å²) in [4.78, 5) is 0. The van der Waals surface area contributed by atoms with Gasteiger partial charge in [0.2, 0.25) is 0 Å². The molecule has 3 rings (SSSR count). The number of halogens is 1. The minimum Gasteiger partial charge on any atom is -0.508 e. The Morgan fingerprint density at radius 3 is 2.94 bits per heavy atom. The van der Waals surface area contributed by atoms with Gasteiger partial charge in [0.15, 0.2) is 0 Å². The SMILES string of the molecule is Oc1cc(C2[CH]CCCS2)c2c(F)cccc2c1. The van der Waals surface area contributed by atoms with Gasteiger partial charge >= 0.3 is 0 Å². The van der Waals surface area contributed by atoms with Gasteiger partial charge in [0, 0.05) is 10.6 Å².